The van der Waals surface area contributed by atoms with Crippen LogP contribution in [-0.2, 0) is 10.3 Å². The zero-order valence-corrected chi connectivity index (χ0v) is 16.3. The van der Waals surface area contributed by atoms with Gasteiger partial charge in [-0.2, -0.15) is 5.10 Å². The summed E-state index contributed by atoms with van der Waals surface area (Å²) >= 11 is 13.6. The molecule has 0 saturated heterocycles. The van der Waals surface area contributed by atoms with Gasteiger partial charge in [-0.25, -0.2) is 4.68 Å². The molecule has 1 aromatic carbocycles. The third-order valence-electron chi connectivity index (χ3n) is 3.84. The Balaban J connectivity index is 1.96. The maximum atomic E-state index is 12.8. The number of anilines is 1. The first-order chi connectivity index (χ1) is 12.3. The molecule has 0 unspecified atom stereocenters. The van der Waals surface area contributed by atoms with Crippen LogP contribution < -0.4 is 10.9 Å². The molecule has 2 heterocycles. The minimum atomic E-state index is -1.24. The molecule has 0 saturated carbocycles. The third kappa shape index (κ3) is 3.67. The minimum Gasteiger partial charge on any atom is -0.323 e. The molecule has 0 aliphatic heterocycles. The van der Waals surface area contributed by atoms with Gasteiger partial charge in [0.2, 0.25) is 0 Å². The van der Waals surface area contributed by atoms with Crippen LogP contribution in [0, 0.1) is 0 Å². The van der Waals surface area contributed by atoms with Gasteiger partial charge >= 0.3 is 0 Å². The van der Waals surface area contributed by atoms with Crippen molar-refractivity contribution in [1.29, 1.82) is 0 Å². The average molecular weight is 408 g/mol. The first kappa shape index (κ1) is 18.6. The summed E-state index contributed by atoms with van der Waals surface area (Å²) in [7, 11) is 0. The van der Waals surface area contributed by atoms with E-state index in [9.17, 15) is 9.59 Å². The molecule has 0 bridgehead atoms. The molecular weight excluding hydrogens is 393 g/mol. The molecule has 8 heteroatoms. The Labute approximate surface area is 164 Å². The van der Waals surface area contributed by atoms with Gasteiger partial charge in [0.25, 0.3) is 11.5 Å². The molecule has 0 radical (unpaired) electrons. The number of carbonyl (C=O) groups is 1. The Kier molecular flexibility index (Phi) is 5.18. The van der Waals surface area contributed by atoms with Crippen molar-refractivity contribution in [3.05, 3.63) is 68.2 Å². The van der Waals surface area contributed by atoms with E-state index in [-0.39, 0.29) is 5.56 Å². The van der Waals surface area contributed by atoms with Gasteiger partial charge in [0.15, 0.2) is 0 Å². The van der Waals surface area contributed by atoms with Crippen molar-refractivity contribution in [3.63, 3.8) is 0 Å². The molecule has 1 amide bonds. The van der Waals surface area contributed by atoms with E-state index in [1.165, 1.54) is 22.1 Å². The van der Waals surface area contributed by atoms with Crippen LogP contribution in [0.3, 0.4) is 0 Å². The van der Waals surface area contributed by atoms with Crippen LogP contribution in [0.25, 0.3) is 10.6 Å². The highest BCUT2D eigenvalue weighted by molar-refractivity contribution is 7.13. The summed E-state index contributed by atoms with van der Waals surface area (Å²) in [6, 6.07) is 11.6. The zero-order valence-electron chi connectivity index (χ0n) is 14.0. The molecule has 0 spiro atoms. The fourth-order valence-electron chi connectivity index (χ4n) is 2.33. The molecule has 3 rings (SSSR count). The zero-order chi connectivity index (χ0) is 18.9. The summed E-state index contributed by atoms with van der Waals surface area (Å²) < 4.78 is 1.18. The predicted molar refractivity (Wildman–Crippen MR) is 106 cm³/mol. The molecule has 5 nitrogen and oxygen atoms in total. The van der Waals surface area contributed by atoms with Gasteiger partial charge in [-0.15, -0.1) is 11.3 Å². The highest BCUT2D eigenvalue weighted by atomic mass is 35.5. The largest absolute Gasteiger partial charge is 0.323 e. The highest BCUT2D eigenvalue weighted by Crippen LogP contribution is 2.27. The van der Waals surface area contributed by atoms with Crippen LogP contribution >= 0.6 is 34.5 Å². The van der Waals surface area contributed by atoms with Crippen LogP contribution in [0.2, 0.25) is 10.0 Å². The molecule has 0 atom stereocenters. The second-order valence-electron chi connectivity index (χ2n) is 6.08. The minimum absolute atomic E-state index is 0.353. The number of nitrogens with one attached hydrogen (secondary N) is 1. The normalized spacial score (nSPS) is 11.4. The summed E-state index contributed by atoms with van der Waals surface area (Å²) in [6.07, 6.45) is 0. The Morgan fingerprint density at radius 1 is 1.19 bits per heavy atom. The van der Waals surface area contributed by atoms with Crippen molar-refractivity contribution in [3.8, 4) is 10.6 Å². The smallest absolute Gasteiger partial charge is 0.267 e. The van der Waals surface area contributed by atoms with E-state index in [0.717, 1.165) is 4.88 Å². The maximum absolute atomic E-state index is 12.8. The van der Waals surface area contributed by atoms with E-state index in [1.807, 2.05) is 17.5 Å². The van der Waals surface area contributed by atoms with Crippen LogP contribution in [0.15, 0.2) is 52.6 Å². The van der Waals surface area contributed by atoms with Crippen molar-refractivity contribution in [2.75, 3.05) is 5.32 Å². The SMILES string of the molecule is CC(C)(C(=O)Nc1cc(Cl)ccc1Cl)n1nc(-c2cccs2)ccc1=O. The molecule has 0 aliphatic rings. The summed E-state index contributed by atoms with van der Waals surface area (Å²) in [5.41, 5.74) is -0.612. The number of hydrogen-bond acceptors (Lipinski definition) is 4. The first-order valence-electron chi connectivity index (χ1n) is 7.70. The lowest BCUT2D eigenvalue weighted by molar-refractivity contribution is -0.123. The van der Waals surface area contributed by atoms with Crippen LogP contribution in [0.1, 0.15) is 13.8 Å². The summed E-state index contributed by atoms with van der Waals surface area (Å²) in [5, 5.41) is 9.82. The molecule has 2 aromatic heterocycles. The second kappa shape index (κ2) is 7.23. The predicted octanol–water partition coefficient (Wildman–Crippen LogP) is 4.65. The van der Waals surface area contributed by atoms with Crippen LogP contribution in [0.4, 0.5) is 5.69 Å². The molecule has 0 fully saturated rings. The lowest BCUT2D eigenvalue weighted by atomic mass is 10.0. The Bertz CT molecular complexity index is 1010. The van der Waals surface area contributed by atoms with E-state index in [4.69, 9.17) is 23.2 Å². The second-order valence-corrected chi connectivity index (χ2v) is 7.87. The van der Waals surface area contributed by atoms with Crippen molar-refractivity contribution >= 4 is 46.1 Å². The van der Waals surface area contributed by atoms with E-state index in [2.05, 4.69) is 10.4 Å². The summed E-state index contributed by atoms with van der Waals surface area (Å²) in [6.45, 7) is 3.24. The van der Waals surface area contributed by atoms with E-state index in [1.54, 1.807) is 38.1 Å². The highest BCUT2D eigenvalue weighted by Gasteiger charge is 2.32. The lowest BCUT2D eigenvalue weighted by Gasteiger charge is -2.25. The molecule has 26 heavy (non-hydrogen) atoms. The van der Waals surface area contributed by atoms with Gasteiger partial charge in [0.1, 0.15) is 11.2 Å². The fourth-order valence-corrected chi connectivity index (χ4v) is 3.36. The Hall–Kier alpha value is -2.15. The number of aromatic nitrogens is 2. The van der Waals surface area contributed by atoms with Crippen molar-refractivity contribution in [2.24, 2.45) is 0 Å². The Morgan fingerprint density at radius 2 is 1.96 bits per heavy atom. The average Bonchev–Trinajstić information content (AvgIpc) is 3.13. The quantitative estimate of drug-likeness (QED) is 0.684. The van der Waals surface area contributed by atoms with Gasteiger partial charge in [-0.3, -0.25) is 9.59 Å². The van der Waals surface area contributed by atoms with Crippen LogP contribution in [-0.4, -0.2) is 15.7 Å². The van der Waals surface area contributed by atoms with Gasteiger partial charge in [0.05, 0.1) is 15.6 Å². The fraction of sp³-hybridized carbons (Fsp3) is 0.167. The van der Waals surface area contributed by atoms with Crippen molar-refractivity contribution in [2.45, 2.75) is 19.4 Å². The van der Waals surface area contributed by atoms with Gasteiger partial charge < -0.3 is 5.32 Å². The van der Waals surface area contributed by atoms with Gasteiger partial charge in [-0.05, 0) is 49.6 Å². The number of amides is 1. The van der Waals surface area contributed by atoms with Crippen molar-refractivity contribution in [1.82, 2.24) is 9.78 Å². The number of thiophene rings is 1. The number of nitrogens with zero attached hydrogens (tertiary/aromatic N) is 2. The molecule has 3 aromatic rings. The summed E-state index contributed by atoms with van der Waals surface area (Å²) in [5.74, 6) is -0.431. The number of halogens is 2. The monoisotopic (exact) mass is 407 g/mol. The Morgan fingerprint density at radius 3 is 2.65 bits per heavy atom. The molecule has 134 valence electrons. The van der Waals surface area contributed by atoms with E-state index < -0.39 is 11.4 Å². The third-order valence-corrected chi connectivity index (χ3v) is 5.29. The van der Waals surface area contributed by atoms with E-state index >= 15 is 0 Å². The topological polar surface area (TPSA) is 64.0 Å². The number of carbonyl (C=O) groups excluding carboxylic acids is 1. The lowest BCUT2D eigenvalue weighted by Crippen LogP contribution is -2.47. The van der Waals surface area contributed by atoms with E-state index in [0.29, 0.717) is 21.4 Å². The molecule has 1 N–H and O–H groups in total. The molecule has 0 aliphatic carbocycles. The number of benzene rings is 1. The number of rotatable bonds is 4. The van der Waals surface area contributed by atoms with Crippen molar-refractivity contribution < 1.29 is 4.79 Å². The number of hydrogen-bond donors (Lipinski definition) is 1. The standard InChI is InChI=1S/C18H15Cl2N3O2S/c1-18(2,17(25)21-14-10-11(19)5-6-12(14)20)23-16(24)8-7-13(22-23)15-4-3-9-26-15/h3-10H,1-2H3,(H,21,25). The summed E-state index contributed by atoms with van der Waals surface area (Å²) in [4.78, 5) is 26.1. The first-order valence-corrected chi connectivity index (χ1v) is 9.34. The van der Waals surface area contributed by atoms with Gasteiger partial charge in [0, 0.05) is 11.1 Å². The maximum Gasteiger partial charge on any atom is 0.267 e. The van der Waals surface area contributed by atoms with Crippen LogP contribution in [0.5, 0.6) is 0 Å². The van der Waals surface area contributed by atoms with Gasteiger partial charge in [-0.1, -0.05) is 29.3 Å². The molecular formula is C18H15Cl2N3O2S.